The predicted octanol–water partition coefficient (Wildman–Crippen LogP) is 15.2. The Morgan fingerprint density at radius 3 is 1.22 bits per heavy atom. The number of likely N-dealkylation sites (tertiary alicyclic amines) is 1. The molecule has 60 heavy (non-hydrogen) atoms. The Bertz CT molecular complexity index is 836. The van der Waals surface area contributed by atoms with Gasteiger partial charge in [-0.1, -0.05) is 188 Å². The number of aldehydes is 1. The van der Waals surface area contributed by atoms with Crippen molar-refractivity contribution < 1.29 is 28.6 Å². The number of piperidine rings is 1. The van der Waals surface area contributed by atoms with Gasteiger partial charge in [0.05, 0.1) is 13.2 Å². The zero-order valence-electron chi connectivity index (χ0n) is 40.9. The summed E-state index contributed by atoms with van der Waals surface area (Å²) < 4.78 is 16.1. The van der Waals surface area contributed by atoms with E-state index in [1.54, 1.807) is 7.11 Å². The summed E-state index contributed by atoms with van der Waals surface area (Å²) in [5.74, 6) is 1.62. The van der Waals surface area contributed by atoms with Gasteiger partial charge in [-0.05, 0) is 82.7 Å². The maximum Gasteiger partial charge on any atom is 0.305 e. The summed E-state index contributed by atoms with van der Waals surface area (Å²) >= 11 is 0. The molecule has 1 aliphatic heterocycles. The predicted molar refractivity (Wildman–Crippen MR) is 256 cm³/mol. The Labute approximate surface area is 373 Å². The Morgan fingerprint density at radius 1 is 0.467 bits per heavy atom. The Morgan fingerprint density at radius 2 is 0.850 bits per heavy atom. The molecule has 1 aliphatic rings. The molecular weight excluding hydrogens is 747 g/mol. The summed E-state index contributed by atoms with van der Waals surface area (Å²) in [6, 6.07) is 0. The number of esters is 2. The molecular formula is C53H103NO6. The van der Waals surface area contributed by atoms with Crippen molar-refractivity contribution in [1.82, 2.24) is 4.90 Å². The van der Waals surface area contributed by atoms with Crippen LogP contribution in [0, 0.1) is 17.8 Å². The third-order valence-corrected chi connectivity index (χ3v) is 12.8. The molecule has 0 aliphatic carbocycles. The van der Waals surface area contributed by atoms with Gasteiger partial charge in [0, 0.05) is 39.0 Å². The number of hydrogen-bond donors (Lipinski definition) is 0. The first-order valence-electron chi connectivity index (χ1n) is 26.4. The van der Waals surface area contributed by atoms with Crippen LogP contribution in [0.1, 0.15) is 259 Å². The molecule has 0 aromatic rings. The zero-order chi connectivity index (χ0) is 44.0. The Hall–Kier alpha value is -1.47. The third-order valence-electron chi connectivity index (χ3n) is 12.8. The van der Waals surface area contributed by atoms with E-state index in [0.29, 0.717) is 37.9 Å². The molecule has 1 saturated heterocycles. The first-order chi connectivity index (χ1) is 29.4. The van der Waals surface area contributed by atoms with Gasteiger partial charge in [-0.3, -0.25) is 9.59 Å². The quantitative estimate of drug-likeness (QED) is 0.0343. The van der Waals surface area contributed by atoms with Crippen molar-refractivity contribution in [2.24, 2.45) is 17.8 Å². The molecule has 0 aromatic carbocycles. The molecule has 7 heteroatoms. The van der Waals surface area contributed by atoms with Crippen LogP contribution in [0.3, 0.4) is 0 Å². The third kappa shape index (κ3) is 40.6. The van der Waals surface area contributed by atoms with E-state index in [4.69, 9.17) is 14.2 Å². The number of carbonyl (C=O) groups excluding carboxylic acids is 3. The lowest BCUT2D eigenvalue weighted by Gasteiger charge is -2.25. The van der Waals surface area contributed by atoms with Crippen LogP contribution in [0.15, 0.2) is 0 Å². The lowest BCUT2D eigenvalue weighted by atomic mass is 9.93. The van der Waals surface area contributed by atoms with Crippen molar-refractivity contribution in [3.05, 3.63) is 0 Å². The molecule has 0 atom stereocenters. The van der Waals surface area contributed by atoms with Crippen LogP contribution in [-0.4, -0.2) is 69.7 Å². The molecule has 1 heterocycles. The lowest BCUT2D eigenvalue weighted by Crippen LogP contribution is -2.31. The van der Waals surface area contributed by atoms with E-state index in [2.05, 4.69) is 32.6 Å². The van der Waals surface area contributed by atoms with E-state index >= 15 is 0 Å². The van der Waals surface area contributed by atoms with Crippen LogP contribution < -0.4 is 0 Å². The molecule has 0 spiro atoms. The van der Waals surface area contributed by atoms with E-state index in [1.807, 2.05) is 0 Å². The fraction of sp³-hybridized carbons (Fsp3) is 0.943. The van der Waals surface area contributed by atoms with Gasteiger partial charge in [-0.25, -0.2) is 0 Å². The topological polar surface area (TPSA) is 82.1 Å². The monoisotopic (exact) mass is 850 g/mol. The largest absolute Gasteiger partial charge is 0.466 e. The summed E-state index contributed by atoms with van der Waals surface area (Å²) in [7, 11) is 1.77. The second-order valence-electron chi connectivity index (χ2n) is 18.5. The van der Waals surface area contributed by atoms with E-state index < -0.39 is 0 Å². The van der Waals surface area contributed by atoms with Gasteiger partial charge < -0.3 is 23.9 Å². The van der Waals surface area contributed by atoms with Crippen molar-refractivity contribution in [3.63, 3.8) is 0 Å². The Kier molecular flexibility index (Phi) is 45.9. The van der Waals surface area contributed by atoms with Crippen LogP contribution in [0.25, 0.3) is 0 Å². The van der Waals surface area contributed by atoms with E-state index in [1.165, 1.54) is 180 Å². The van der Waals surface area contributed by atoms with Crippen molar-refractivity contribution in [1.29, 1.82) is 0 Å². The van der Waals surface area contributed by atoms with Crippen molar-refractivity contribution >= 4 is 18.2 Å². The molecule has 356 valence electrons. The number of ether oxygens (including phenoxy) is 3. The summed E-state index contributed by atoms with van der Waals surface area (Å²) in [6.45, 7) is 14.9. The van der Waals surface area contributed by atoms with E-state index in [0.717, 1.165) is 70.8 Å². The number of hydrogen-bond acceptors (Lipinski definition) is 7. The van der Waals surface area contributed by atoms with Crippen LogP contribution in [-0.2, 0) is 28.6 Å². The minimum Gasteiger partial charge on any atom is -0.466 e. The molecule has 0 saturated carbocycles. The number of unbranched alkanes of at least 4 members (excludes halogenated alkanes) is 16. The molecule has 0 amide bonds. The van der Waals surface area contributed by atoms with E-state index in [9.17, 15) is 14.4 Å². The highest BCUT2D eigenvalue weighted by molar-refractivity contribution is 5.69. The summed E-state index contributed by atoms with van der Waals surface area (Å²) in [4.78, 5) is 38.4. The molecule has 0 unspecified atom stereocenters. The number of methoxy groups -OCH3 is 1. The molecule has 1 fully saturated rings. The molecule has 1 rings (SSSR count). The summed E-state index contributed by atoms with van der Waals surface area (Å²) in [5.41, 5.74) is 0. The molecule has 7 nitrogen and oxygen atoms in total. The highest BCUT2D eigenvalue weighted by atomic mass is 16.5. The van der Waals surface area contributed by atoms with Gasteiger partial charge in [-0.15, -0.1) is 0 Å². The Balaban J connectivity index is 0.00000271. The number of carbonyl (C=O) groups is 3. The first-order valence-corrected chi connectivity index (χ1v) is 26.4. The van der Waals surface area contributed by atoms with Crippen LogP contribution in [0.2, 0.25) is 0 Å². The molecule has 0 bridgehead atoms. The molecule has 0 N–H and O–H groups in total. The molecule has 0 radical (unpaired) electrons. The fourth-order valence-electron chi connectivity index (χ4n) is 8.68. The maximum absolute atomic E-state index is 12.1. The maximum atomic E-state index is 12.1. The second kappa shape index (κ2) is 47.0. The highest BCUT2D eigenvalue weighted by Crippen LogP contribution is 2.22. The van der Waals surface area contributed by atoms with Gasteiger partial charge in [0.25, 0.3) is 0 Å². The first kappa shape index (κ1) is 58.5. The van der Waals surface area contributed by atoms with Crippen molar-refractivity contribution in [2.45, 2.75) is 259 Å². The average molecular weight is 850 g/mol. The van der Waals surface area contributed by atoms with Gasteiger partial charge in [-0.2, -0.15) is 0 Å². The number of rotatable bonds is 43. The van der Waals surface area contributed by atoms with Crippen molar-refractivity contribution in [2.75, 3.05) is 46.6 Å². The standard InChI is InChI=1S/C44H84O5.C9H19NO/c1-5-9-27-40(28-10-6-2)35-37-48-43(46)33-25-21-17-13-15-19-23-31-42(39-45)32-24-20-16-14-18-22-26-34-44(47)49-38-36-41(29-11-7-3)30-12-8-4;1-11-9-5-8-10-6-3-2-4-7-10/h39-42H,5-38H2,1-4H3;2-9H2,1H3. The van der Waals surface area contributed by atoms with Crippen LogP contribution in [0.4, 0.5) is 0 Å². The van der Waals surface area contributed by atoms with Crippen molar-refractivity contribution in [3.8, 4) is 0 Å². The average Bonchev–Trinajstić information content (AvgIpc) is 3.26. The van der Waals surface area contributed by atoms with Gasteiger partial charge in [0.1, 0.15) is 6.29 Å². The number of nitrogens with zero attached hydrogens (tertiary/aromatic N) is 1. The van der Waals surface area contributed by atoms with Gasteiger partial charge in [0.2, 0.25) is 0 Å². The van der Waals surface area contributed by atoms with E-state index in [-0.39, 0.29) is 17.9 Å². The second-order valence-corrected chi connectivity index (χ2v) is 18.5. The van der Waals surface area contributed by atoms with Crippen LogP contribution in [0.5, 0.6) is 0 Å². The molecule has 0 aromatic heterocycles. The minimum absolute atomic E-state index is 0.0159. The highest BCUT2D eigenvalue weighted by Gasteiger charge is 2.13. The van der Waals surface area contributed by atoms with Gasteiger partial charge in [0.15, 0.2) is 0 Å². The normalized spacial score (nSPS) is 13.2. The smallest absolute Gasteiger partial charge is 0.305 e. The summed E-state index contributed by atoms with van der Waals surface area (Å²) in [6.07, 6.45) is 43.0. The van der Waals surface area contributed by atoms with Gasteiger partial charge >= 0.3 is 11.9 Å². The fourth-order valence-corrected chi connectivity index (χ4v) is 8.68. The lowest BCUT2D eigenvalue weighted by molar-refractivity contribution is -0.145. The summed E-state index contributed by atoms with van der Waals surface area (Å²) in [5, 5.41) is 0. The SMILES string of the molecule is CCCCC(CCCC)CCOC(=O)CCCCCCCCCC(C=O)CCCCCCCCCC(=O)OCCC(CCCC)CCCC.COCCCN1CCCCC1. The zero-order valence-corrected chi connectivity index (χ0v) is 40.9. The minimum atomic E-state index is -0.0159. The van der Waals surface area contributed by atoms with Crippen LogP contribution >= 0.6 is 0 Å².